The molecule has 4 heteroatoms. The van der Waals surface area contributed by atoms with Crippen LogP contribution < -0.4 is 5.32 Å². The standard InChI is InChI=1S/C25H28FNO2/c1-3-25(2,20-8-5-4-6-9-20)18-24(28)27-16-15-22(23-10-7-17-29-23)19-11-13-21(26)14-12-19/h4-14,17,22H,3,15-16,18H2,1-2H3,(H,27,28)/t22-,25+/m0/s1. The summed E-state index contributed by atoms with van der Waals surface area (Å²) in [5, 5.41) is 3.06. The number of carbonyl (C=O) groups is 1. The number of hydrogen-bond acceptors (Lipinski definition) is 2. The highest BCUT2D eigenvalue weighted by Crippen LogP contribution is 2.31. The summed E-state index contributed by atoms with van der Waals surface area (Å²) in [7, 11) is 0. The fraction of sp³-hybridized carbons (Fsp3) is 0.320. The van der Waals surface area contributed by atoms with Crippen LogP contribution >= 0.6 is 0 Å². The van der Waals surface area contributed by atoms with E-state index in [1.807, 2.05) is 30.3 Å². The molecule has 1 N–H and O–H groups in total. The molecular formula is C25H28FNO2. The zero-order valence-corrected chi connectivity index (χ0v) is 17.0. The lowest BCUT2D eigenvalue weighted by atomic mass is 9.77. The Kier molecular flexibility index (Phi) is 6.86. The minimum absolute atomic E-state index is 0.0300. The van der Waals surface area contributed by atoms with E-state index in [4.69, 9.17) is 4.42 Å². The van der Waals surface area contributed by atoms with Crippen molar-refractivity contribution in [2.45, 2.75) is 44.4 Å². The first-order chi connectivity index (χ1) is 14.0. The number of carbonyl (C=O) groups excluding carboxylic acids is 1. The summed E-state index contributed by atoms with van der Waals surface area (Å²) in [6, 6.07) is 20.4. The number of hydrogen-bond donors (Lipinski definition) is 1. The van der Waals surface area contributed by atoms with Gasteiger partial charge in [-0.15, -0.1) is 0 Å². The molecule has 0 spiro atoms. The third-order valence-corrected chi connectivity index (χ3v) is 5.72. The van der Waals surface area contributed by atoms with Gasteiger partial charge in [0.15, 0.2) is 0 Å². The van der Waals surface area contributed by atoms with Crippen LogP contribution in [0.2, 0.25) is 0 Å². The number of benzene rings is 2. The second kappa shape index (κ2) is 9.55. The van der Waals surface area contributed by atoms with Crippen LogP contribution in [0.25, 0.3) is 0 Å². The second-order valence-electron chi connectivity index (χ2n) is 7.72. The highest BCUT2D eigenvalue weighted by Gasteiger charge is 2.27. The van der Waals surface area contributed by atoms with Gasteiger partial charge >= 0.3 is 0 Å². The van der Waals surface area contributed by atoms with Gasteiger partial charge in [0.2, 0.25) is 5.91 Å². The molecule has 0 fully saturated rings. The topological polar surface area (TPSA) is 42.2 Å². The number of furan rings is 1. The Morgan fingerprint density at radius 3 is 2.41 bits per heavy atom. The number of nitrogens with one attached hydrogen (secondary N) is 1. The van der Waals surface area contributed by atoms with E-state index < -0.39 is 0 Å². The van der Waals surface area contributed by atoms with E-state index in [1.165, 1.54) is 17.7 Å². The number of rotatable bonds is 9. The van der Waals surface area contributed by atoms with Crippen LogP contribution in [0.4, 0.5) is 4.39 Å². The van der Waals surface area contributed by atoms with E-state index >= 15 is 0 Å². The Morgan fingerprint density at radius 1 is 1.07 bits per heavy atom. The summed E-state index contributed by atoms with van der Waals surface area (Å²) in [4.78, 5) is 12.7. The highest BCUT2D eigenvalue weighted by molar-refractivity contribution is 5.77. The lowest BCUT2D eigenvalue weighted by Crippen LogP contribution is -2.33. The molecule has 0 unspecified atom stereocenters. The molecule has 2 aromatic carbocycles. The van der Waals surface area contributed by atoms with Gasteiger partial charge in [0.25, 0.3) is 0 Å². The van der Waals surface area contributed by atoms with Gasteiger partial charge in [-0.25, -0.2) is 4.39 Å². The van der Waals surface area contributed by atoms with Gasteiger partial charge in [0.05, 0.1) is 6.26 Å². The van der Waals surface area contributed by atoms with Crippen LogP contribution in [0.15, 0.2) is 77.4 Å². The fourth-order valence-electron chi connectivity index (χ4n) is 3.70. The van der Waals surface area contributed by atoms with Crippen LogP contribution in [-0.2, 0) is 10.2 Å². The summed E-state index contributed by atoms with van der Waals surface area (Å²) < 4.78 is 18.9. The molecule has 1 amide bonds. The maximum atomic E-state index is 13.3. The Labute approximate surface area is 172 Å². The Morgan fingerprint density at radius 2 is 1.79 bits per heavy atom. The minimum Gasteiger partial charge on any atom is -0.469 e. The van der Waals surface area contributed by atoms with Crippen LogP contribution in [0.3, 0.4) is 0 Å². The lowest BCUT2D eigenvalue weighted by Gasteiger charge is -2.28. The fourth-order valence-corrected chi connectivity index (χ4v) is 3.70. The molecule has 0 aliphatic carbocycles. The Balaban J connectivity index is 1.62. The first-order valence-electron chi connectivity index (χ1n) is 10.1. The number of halogens is 1. The molecule has 152 valence electrons. The summed E-state index contributed by atoms with van der Waals surface area (Å²) in [5.41, 5.74) is 1.96. The van der Waals surface area contributed by atoms with E-state index in [1.54, 1.807) is 18.4 Å². The van der Waals surface area contributed by atoms with E-state index in [-0.39, 0.29) is 23.1 Å². The molecule has 0 aliphatic heterocycles. The van der Waals surface area contributed by atoms with E-state index in [0.29, 0.717) is 19.4 Å². The first-order valence-corrected chi connectivity index (χ1v) is 10.1. The van der Waals surface area contributed by atoms with Gasteiger partial charge in [-0.2, -0.15) is 0 Å². The van der Waals surface area contributed by atoms with Gasteiger partial charge in [-0.1, -0.05) is 56.3 Å². The van der Waals surface area contributed by atoms with Gasteiger partial charge in [-0.3, -0.25) is 4.79 Å². The zero-order valence-electron chi connectivity index (χ0n) is 17.0. The normalized spacial score (nSPS) is 14.2. The molecule has 3 aromatic rings. The third kappa shape index (κ3) is 5.35. The third-order valence-electron chi connectivity index (χ3n) is 5.72. The highest BCUT2D eigenvalue weighted by atomic mass is 19.1. The molecule has 0 saturated heterocycles. The van der Waals surface area contributed by atoms with Crippen molar-refractivity contribution in [3.63, 3.8) is 0 Å². The summed E-state index contributed by atoms with van der Waals surface area (Å²) in [6.07, 6.45) is 3.64. The quantitative estimate of drug-likeness (QED) is 0.498. The van der Waals surface area contributed by atoms with Crippen LogP contribution in [0.5, 0.6) is 0 Å². The summed E-state index contributed by atoms with van der Waals surface area (Å²) in [6.45, 7) is 4.77. The molecule has 0 radical (unpaired) electrons. The van der Waals surface area contributed by atoms with Crippen LogP contribution in [0, 0.1) is 5.82 Å². The molecule has 29 heavy (non-hydrogen) atoms. The average Bonchev–Trinajstić information content (AvgIpc) is 3.27. The van der Waals surface area contributed by atoms with Crippen molar-refractivity contribution in [2.24, 2.45) is 0 Å². The van der Waals surface area contributed by atoms with Crippen LogP contribution in [-0.4, -0.2) is 12.5 Å². The van der Waals surface area contributed by atoms with Crippen molar-refractivity contribution in [3.05, 3.63) is 95.7 Å². The molecular weight excluding hydrogens is 365 g/mol. The molecule has 0 bridgehead atoms. The molecule has 0 saturated carbocycles. The van der Waals surface area contributed by atoms with Crippen molar-refractivity contribution >= 4 is 5.91 Å². The van der Waals surface area contributed by atoms with Crippen molar-refractivity contribution in [2.75, 3.05) is 6.54 Å². The first kappa shape index (κ1) is 20.8. The SMILES string of the molecule is CC[C@](C)(CC(=O)NCC[C@@H](c1ccc(F)cc1)c1ccco1)c1ccccc1. The monoisotopic (exact) mass is 393 g/mol. The predicted molar refractivity (Wildman–Crippen MR) is 113 cm³/mol. The maximum Gasteiger partial charge on any atom is 0.220 e. The van der Waals surface area contributed by atoms with Gasteiger partial charge in [-0.05, 0) is 48.2 Å². The predicted octanol–water partition coefficient (Wildman–Crippen LogP) is 5.81. The van der Waals surface area contributed by atoms with E-state index in [9.17, 15) is 9.18 Å². The van der Waals surface area contributed by atoms with Gasteiger partial charge in [0, 0.05) is 24.3 Å². The molecule has 3 rings (SSSR count). The maximum absolute atomic E-state index is 13.3. The molecule has 1 heterocycles. The number of amides is 1. The average molecular weight is 394 g/mol. The van der Waals surface area contributed by atoms with Crippen molar-refractivity contribution < 1.29 is 13.6 Å². The van der Waals surface area contributed by atoms with E-state index in [2.05, 4.69) is 31.3 Å². The van der Waals surface area contributed by atoms with Gasteiger partial charge in [0.1, 0.15) is 11.6 Å². The molecule has 3 nitrogen and oxygen atoms in total. The molecule has 2 atom stereocenters. The Bertz CT molecular complexity index is 890. The smallest absolute Gasteiger partial charge is 0.220 e. The largest absolute Gasteiger partial charge is 0.469 e. The summed E-state index contributed by atoms with van der Waals surface area (Å²) in [5.74, 6) is 0.557. The van der Waals surface area contributed by atoms with Gasteiger partial charge < -0.3 is 9.73 Å². The molecule has 0 aliphatic rings. The Hall–Kier alpha value is -2.88. The van der Waals surface area contributed by atoms with E-state index in [0.717, 1.165) is 17.7 Å². The minimum atomic E-state index is -0.264. The van der Waals surface area contributed by atoms with Crippen molar-refractivity contribution in [1.29, 1.82) is 0 Å². The summed E-state index contributed by atoms with van der Waals surface area (Å²) >= 11 is 0. The van der Waals surface area contributed by atoms with Crippen molar-refractivity contribution in [3.8, 4) is 0 Å². The van der Waals surface area contributed by atoms with Crippen molar-refractivity contribution in [1.82, 2.24) is 5.32 Å². The lowest BCUT2D eigenvalue weighted by molar-refractivity contribution is -0.122. The van der Waals surface area contributed by atoms with Crippen LogP contribution in [0.1, 0.15) is 55.9 Å². The molecule has 1 aromatic heterocycles. The zero-order chi connectivity index (χ0) is 20.7. The second-order valence-corrected chi connectivity index (χ2v) is 7.72.